The number of benzene rings is 2. The average molecular weight is 358 g/mol. The van der Waals surface area contributed by atoms with Crippen molar-refractivity contribution in [1.82, 2.24) is 4.90 Å². The molecule has 2 atom stereocenters. The zero-order chi connectivity index (χ0) is 19.3. The van der Waals surface area contributed by atoms with Gasteiger partial charge >= 0.3 is 0 Å². The Bertz CT molecular complexity index is 942. The van der Waals surface area contributed by atoms with Crippen LogP contribution in [0.4, 0.5) is 5.69 Å². The smallest absolute Gasteiger partial charge is 0.0989 e. The molecule has 0 N–H and O–H groups in total. The number of fused-ring (bicyclic) bond motifs is 1. The van der Waals surface area contributed by atoms with Gasteiger partial charge in [0.1, 0.15) is 0 Å². The van der Waals surface area contributed by atoms with Gasteiger partial charge in [0.05, 0.1) is 19.1 Å². The molecular formula is C25H28N2. The highest BCUT2D eigenvalue weighted by Crippen LogP contribution is 2.55. The maximum Gasteiger partial charge on any atom is 0.0989 e. The lowest BCUT2D eigenvalue weighted by molar-refractivity contribution is 0.350. The molecule has 0 aromatic heterocycles. The van der Waals surface area contributed by atoms with Crippen LogP contribution in [0.1, 0.15) is 45.1 Å². The fraction of sp³-hybridized carbons (Fsp3) is 0.360. The van der Waals surface area contributed by atoms with Crippen LogP contribution in [0.25, 0.3) is 0 Å². The predicted molar refractivity (Wildman–Crippen MR) is 112 cm³/mol. The van der Waals surface area contributed by atoms with Crippen LogP contribution in [-0.4, -0.2) is 11.5 Å². The number of anilines is 1. The summed E-state index contributed by atoms with van der Waals surface area (Å²) >= 11 is 0. The monoisotopic (exact) mass is 357 g/mol. The summed E-state index contributed by atoms with van der Waals surface area (Å²) in [7, 11) is 0. The molecule has 1 aliphatic carbocycles. The van der Waals surface area contributed by atoms with E-state index in [-0.39, 0.29) is 5.41 Å². The van der Waals surface area contributed by atoms with Crippen LogP contribution >= 0.6 is 0 Å². The number of allylic oxidation sites excluding steroid dienone is 2. The summed E-state index contributed by atoms with van der Waals surface area (Å²) in [6, 6.07) is 19.4. The third-order valence-corrected chi connectivity index (χ3v) is 6.72. The van der Waals surface area contributed by atoms with Gasteiger partial charge in [-0.1, -0.05) is 67.4 Å². The van der Waals surface area contributed by atoms with Gasteiger partial charge < -0.3 is 9.80 Å². The van der Waals surface area contributed by atoms with Crippen molar-refractivity contribution >= 4 is 5.69 Å². The van der Waals surface area contributed by atoms with E-state index in [2.05, 4.69) is 90.5 Å². The normalized spacial score (nSPS) is 28.2. The lowest BCUT2D eigenvalue weighted by atomic mass is 9.67. The van der Waals surface area contributed by atoms with E-state index < -0.39 is 6.64 Å². The van der Waals surface area contributed by atoms with E-state index in [9.17, 15) is 0 Å². The molecule has 0 bridgehead atoms. The van der Waals surface area contributed by atoms with Crippen molar-refractivity contribution in [3.8, 4) is 0 Å². The highest BCUT2D eigenvalue weighted by atomic mass is 15.4. The Labute approximate surface area is 164 Å². The largest absolute Gasteiger partial charge is 0.331 e. The van der Waals surface area contributed by atoms with Gasteiger partial charge in [0.2, 0.25) is 0 Å². The summed E-state index contributed by atoms with van der Waals surface area (Å²) < 4.78 is 9.05. The van der Waals surface area contributed by atoms with E-state index >= 15 is 0 Å². The maximum atomic E-state index is 9.05. The summed E-state index contributed by atoms with van der Waals surface area (Å²) in [5.74, 6) is 0.602. The number of para-hydroxylation sites is 1. The number of aryl methyl sites for hydroxylation is 1. The summed E-state index contributed by atoms with van der Waals surface area (Å²) in [4.78, 5) is 4.41. The molecule has 2 heterocycles. The minimum atomic E-state index is -0.445. The second kappa shape index (κ2) is 6.30. The molecule has 2 aromatic carbocycles. The van der Waals surface area contributed by atoms with Crippen molar-refractivity contribution in [1.29, 1.82) is 0 Å². The number of hydrogen-bond donors (Lipinski definition) is 0. The first-order valence-electron chi connectivity index (χ1n) is 10.7. The molecule has 2 aromatic rings. The van der Waals surface area contributed by atoms with Gasteiger partial charge in [0.15, 0.2) is 0 Å². The molecule has 2 nitrogen and oxygen atoms in total. The van der Waals surface area contributed by atoms with Gasteiger partial charge in [-0.2, -0.15) is 0 Å². The molecule has 27 heavy (non-hydrogen) atoms. The molecule has 2 heteroatoms. The molecule has 1 saturated carbocycles. The van der Waals surface area contributed by atoms with Gasteiger partial charge in [-0.15, -0.1) is 0 Å². The van der Waals surface area contributed by atoms with Crippen LogP contribution in [0, 0.1) is 12.8 Å². The Morgan fingerprint density at radius 2 is 1.67 bits per heavy atom. The first-order chi connectivity index (χ1) is 13.6. The lowest BCUT2D eigenvalue weighted by Crippen LogP contribution is -2.35. The Hall–Kier alpha value is -2.48. The quantitative estimate of drug-likeness (QED) is 0.668. The topological polar surface area (TPSA) is 6.48 Å². The van der Waals surface area contributed by atoms with Crippen molar-refractivity contribution in [2.75, 3.05) is 11.5 Å². The molecule has 0 spiro atoms. The van der Waals surface area contributed by atoms with E-state index in [1.807, 2.05) is 0 Å². The van der Waals surface area contributed by atoms with Crippen LogP contribution in [0.2, 0.25) is 0 Å². The van der Waals surface area contributed by atoms with E-state index in [0.29, 0.717) is 5.92 Å². The Morgan fingerprint density at radius 3 is 2.41 bits per heavy atom. The van der Waals surface area contributed by atoms with Crippen LogP contribution < -0.4 is 4.90 Å². The SMILES string of the molecule is [2H]C1N2C=CC(c3ccccc3)(C3CCCC3)C2=C(C)N1c1ccccc1C. The van der Waals surface area contributed by atoms with Crippen LogP contribution in [0.15, 0.2) is 78.3 Å². The standard InChI is InChI=1S/C25H28N2/c1-19-10-6-9-15-23(19)27-18-26-17-16-25(24(26)20(27)2,22-13-7-8-14-22)21-11-4-3-5-12-21/h3-6,9-12,15-17,22H,7-8,13-14,18H2,1-2H3/i18D. The Morgan fingerprint density at radius 1 is 0.963 bits per heavy atom. The minimum absolute atomic E-state index is 0.113. The third-order valence-electron chi connectivity index (χ3n) is 6.72. The molecule has 5 rings (SSSR count). The highest BCUT2D eigenvalue weighted by Gasteiger charge is 2.51. The molecule has 1 fully saturated rings. The molecule has 2 aliphatic heterocycles. The lowest BCUT2D eigenvalue weighted by Gasteiger charge is -2.37. The van der Waals surface area contributed by atoms with Crippen molar-refractivity contribution in [3.63, 3.8) is 0 Å². The van der Waals surface area contributed by atoms with Crippen molar-refractivity contribution < 1.29 is 1.37 Å². The van der Waals surface area contributed by atoms with Gasteiger partial charge in [-0.05, 0) is 49.8 Å². The zero-order valence-corrected chi connectivity index (χ0v) is 16.2. The van der Waals surface area contributed by atoms with Gasteiger partial charge in [0.25, 0.3) is 0 Å². The Balaban J connectivity index is 1.70. The summed E-state index contributed by atoms with van der Waals surface area (Å²) in [5.41, 5.74) is 6.15. The number of rotatable bonds is 3. The number of nitrogens with zero attached hydrogens (tertiary/aromatic N) is 2. The van der Waals surface area contributed by atoms with Crippen LogP contribution in [0.5, 0.6) is 0 Å². The molecular weight excluding hydrogens is 328 g/mol. The van der Waals surface area contributed by atoms with Crippen molar-refractivity contribution in [2.45, 2.75) is 44.9 Å². The fourth-order valence-electron chi connectivity index (χ4n) is 5.44. The molecule has 0 amide bonds. The molecule has 138 valence electrons. The van der Waals surface area contributed by atoms with Crippen LogP contribution in [0.3, 0.4) is 0 Å². The first kappa shape index (κ1) is 15.6. The van der Waals surface area contributed by atoms with Crippen LogP contribution in [-0.2, 0) is 5.41 Å². The van der Waals surface area contributed by atoms with Gasteiger partial charge in [-0.25, -0.2) is 0 Å². The summed E-state index contributed by atoms with van der Waals surface area (Å²) in [6.07, 6.45) is 9.72. The summed E-state index contributed by atoms with van der Waals surface area (Å²) in [6.45, 7) is 3.91. The highest BCUT2D eigenvalue weighted by molar-refractivity contribution is 5.63. The van der Waals surface area contributed by atoms with E-state index in [1.54, 1.807) is 0 Å². The number of hydrogen-bond acceptors (Lipinski definition) is 2. The second-order valence-corrected chi connectivity index (χ2v) is 8.15. The first-order valence-corrected chi connectivity index (χ1v) is 10.2. The molecule has 3 aliphatic rings. The maximum absolute atomic E-state index is 9.05. The molecule has 0 radical (unpaired) electrons. The summed E-state index contributed by atoms with van der Waals surface area (Å²) in [5, 5.41) is 0. The fourth-order valence-corrected chi connectivity index (χ4v) is 5.44. The van der Waals surface area contributed by atoms with Gasteiger partial charge in [-0.3, -0.25) is 0 Å². The zero-order valence-electron chi connectivity index (χ0n) is 17.2. The Kier molecular flexibility index (Phi) is 3.63. The average Bonchev–Trinajstić information content (AvgIpc) is 3.43. The minimum Gasteiger partial charge on any atom is -0.331 e. The van der Waals surface area contributed by atoms with Crippen molar-refractivity contribution in [2.24, 2.45) is 5.92 Å². The molecule has 0 saturated heterocycles. The third kappa shape index (κ3) is 2.39. The van der Waals surface area contributed by atoms with Crippen molar-refractivity contribution in [3.05, 3.63) is 89.4 Å². The predicted octanol–water partition coefficient (Wildman–Crippen LogP) is 5.96. The van der Waals surface area contributed by atoms with E-state index in [0.717, 1.165) is 5.69 Å². The second-order valence-electron chi connectivity index (χ2n) is 8.15. The van der Waals surface area contributed by atoms with E-state index in [4.69, 9.17) is 1.37 Å². The van der Waals surface area contributed by atoms with E-state index in [1.165, 1.54) is 48.2 Å². The molecule has 2 unspecified atom stereocenters. The van der Waals surface area contributed by atoms with Gasteiger partial charge in [0, 0.05) is 17.6 Å².